The Hall–Kier alpha value is -2.73. The average molecular weight is 608 g/mol. The number of rotatable bonds is 7. The lowest BCUT2D eigenvalue weighted by Crippen LogP contribution is -2.46. The van der Waals surface area contributed by atoms with Gasteiger partial charge >= 0.3 is 6.18 Å². The Labute approximate surface area is 242 Å². The highest BCUT2D eigenvalue weighted by atomic mass is 32.1. The number of benzene rings is 2. The van der Waals surface area contributed by atoms with E-state index in [1.807, 2.05) is 30.1 Å². The zero-order chi connectivity index (χ0) is 29.2. The van der Waals surface area contributed by atoms with Crippen LogP contribution >= 0.6 is 18.5 Å². The zero-order valence-electron chi connectivity index (χ0n) is 23.1. The summed E-state index contributed by atoms with van der Waals surface area (Å²) in [5, 5.41) is 7.73. The first-order chi connectivity index (χ1) is 19.6. The van der Waals surface area contributed by atoms with Gasteiger partial charge in [0.15, 0.2) is 0 Å². The molecule has 2 N–H and O–H groups in total. The van der Waals surface area contributed by atoms with Crippen LogP contribution in [0, 0.1) is 11.8 Å². The third kappa shape index (κ3) is 6.85. The summed E-state index contributed by atoms with van der Waals surface area (Å²) < 4.78 is 74.8. The Morgan fingerprint density at radius 2 is 1.95 bits per heavy atom. The number of alkyl halides is 4. The van der Waals surface area contributed by atoms with Gasteiger partial charge in [0.2, 0.25) is 0 Å². The topological polar surface area (TPSA) is 53.6 Å². The molecule has 220 valence electrons. The van der Waals surface area contributed by atoms with Gasteiger partial charge in [-0.3, -0.25) is 0 Å². The van der Waals surface area contributed by atoms with E-state index in [0.29, 0.717) is 57.4 Å². The van der Waals surface area contributed by atoms with E-state index in [4.69, 9.17) is 4.74 Å². The molecule has 0 amide bonds. The van der Waals surface area contributed by atoms with Crippen molar-refractivity contribution in [2.24, 2.45) is 0 Å². The van der Waals surface area contributed by atoms with E-state index in [9.17, 15) is 22.1 Å². The molecular formula is C30H34F4N3O2PS. The summed E-state index contributed by atoms with van der Waals surface area (Å²) in [5.41, 5.74) is 1.44. The maximum absolute atomic E-state index is 14.7. The summed E-state index contributed by atoms with van der Waals surface area (Å²) in [6, 6.07) is 10.3. The smallest absolute Gasteiger partial charge is 0.393 e. The summed E-state index contributed by atoms with van der Waals surface area (Å²) in [4.78, 5) is 2.27. The van der Waals surface area contributed by atoms with Gasteiger partial charge in [0, 0.05) is 30.7 Å². The molecule has 5 nitrogen and oxygen atoms in total. The van der Waals surface area contributed by atoms with Crippen molar-refractivity contribution < 1.29 is 26.9 Å². The fraction of sp³-hybridized carbons (Fsp3) is 0.467. The van der Waals surface area contributed by atoms with Crippen LogP contribution < -0.4 is 20.7 Å². The summed E-state index contributed by atoms with van der Waals surface area (Å²) in [5.74, 6) is 6.47. The lowest BCUT2D eigenvalue weighted by molar-refractivity contribution is -0.126. The van der Waals surface area contributed by atoms with Gasteiger partial charge in [-0.05, 0) is 61.5 Å². The second kappa shape index (κ2) is 12.2. The van der Waals surface area contributed by atoms with E-state index >= 15 is 0 Å². The Morgan fingerprint density at radius 1 is 1.17 bits per heavy atom. The summed E-state index contributed by atoms with van der Waals surface area (Å²) in [6.45, 7) is 1.24. The van der Waals surface area contributed by atoms with Crippen molar-refractivity contribution in [3.63, 3.8) is 0 Å². The number of hydrogen-bond acceptors (Lipinski definition) is 6. The Morgan fingerprint density at radius 3 is 2.66 bits per heavy atom. The number of anilines is 2. The molecule has 0 unspecified atom stereocenters. The molecule has 0 spiro atoms. The minimum absolute atomic E-state index is 0.136. The van der Waals surface area contributed by atoms with Crippen LogP contribution in [0.15, 0.2) is 36.4 Å². The molecule has 2 atom stereocenters. The van der Waals surface area contributed by atoms with Crippen molar-refractivity contribution in [2.45, 2.75) is 44.1 Å². The Balaban J connectivity index is 1.38. The fourth-order valence-corrected chi connectivity index (χ4v) is 9.71. The Bertz CT molecular complexity index is 1500. The molecule has 0 radical (unpaired) electrons. The van der Waals surface area contributed by atoms with Crippen LogP contribution in [-0.4, -0.2) is 69.4 Å². The first-order valence-corrected chi connectivity index (χ1v) is 16.7. The van der Waals surface area contributed by atoms with E-state index in [1.165, 1.54) is 11.3 Å². The van der Waals surface area contributed by atoms with Crippen molar-refractivity contribution >= 4 is 45.2 Å². The molecule has 5 rings (SSSR count). The predicted octanol–water partition coefficient (Wildman–Crippen LogP) is 6.71. The van der Waals surface area contributed by atoms with Crippen LogP contribution in [0.1, 0.15) is 29.7 Å². The SMILES string of the molecule is COc1cc(P2(=O)CCCC2)ccc1NCC#Cc1sc2c(N[C@@H]3CCN(C)C[C@H]3F)cccc2c1CC(F)(F)F. The lowest BCUT2D eigenvalue weighted by Gasteiger charge is -2.33. The number of hydrogen-bond donors (Lipinski definition) is 2. The third-order valence-electron chi connectivity index (χ3n) is 7.79. The van der Waals surface area contributed by atoms with Crippen molar-refractivity contribution in [1.29, 1.82) is 0 Å². The predicted molar refractivity (Wildman–Crippen MR) is 161 cm³/mol. The molecule has 0 saturated carbocycles. The molecule has 2 fully saturated rings. The minimum atomic E-state index is -4.40. The maximum atomic E-state index is 14.7. The van der Waals surface area contributed by atoms with Gasteiger partial charge in [-0.1, -0.05) is 24.0 Å². The van der Waals surface area contributed by atoms with E-state index in [-0.39, 0.29) is 12.1 Å². The number of thiophene rings is 1. The van der Waals surface area contributed by atoms with Crippen molar-refractivity contribution in [1.82, 2.24) is 4.90 Å². The van der Waals surface area contributed by atoms with Crippen molar-refractivity contribution in [3.8, 4) is 17.6 Å². The first kappa shape index (κ1) is 29.8. The molecular weight excluding hydrogens is 573 g/mol. The van der Waals surface area contributed by atoms with E-state index in [2.05, 4.69) is 22.5 Å². The largest absolute Gasteiger partial charge is 0.495 e. The number of nitrogens with zero attached hydrogens (tertiary/aromatic N) is 1. The number of halogens is 4. The molecule has 3 heterocycles. The molecule has 1 aromatic heterocycles. The highest BCUT2D eigenvalue weighted by Gasteiger charge is 2.32. The maximum Gasteiger partial charge on any atom is 0.393 e. The molecule has 11 heteroatoms. The van der Waals surface area contributed by atoms with Crippen LogP contribution in [0.25, 0.3) is 10.1 Å². The van der Waals surface area contributed by atoms with Gasteiger partial charge in [0.25, 0.3) is 0 Å². The van der Waals surface area contributed by atoms with Crippen LogP contribution in [0.4, 0.5) is 28.9 Å². The number of piperidine rings is 1. The lowest BCUT2D eigenvalue weighted by atomic mass is 10.0. The molecule has 3 aromatic rings. The average Bonchev–Trinajstić information content (AvgIpc) is 3.52. The Kier molecular flexibility index (Phi) is 8.89. The minimum Gasteiger partial charge on any atom is -0.495 e. The molecule has 0 aliphatic carbocycles. The van der Waals surface area contributed by atoms with Gasteiger partial charge in [-0.15, -0.1) is 11.3 Å². The van der Waals surface area contributed by atoms with Crippen molar-refractivity contribution in [2.75, 3.05) is 56.7 Å². The molecule has 41 heavy (non-hydrogen) atoms. The number of nitrogens with one attached hydrogen (secondary N) is 2. The van der Waals surface area contributed by atoms with Crippen LogP contribution in [0.2, 0.25) is 0 Å². The second-order valence-electron chi connectivity index (χ2n) is 10.8. The standard InChI is InChI=1S/C30H34F4N3O2PS/c1-37-14-12-24(23(31)19-37)36-26-8-5-7-21-22(18-30(32,33)34)28(41-29(21)26)9-6-13-35-25-11-10-20(17-27(25)39-2)40(38)15-3-4-16-40/h5,7-8,10-11,17,23-24,35-36H,3-4,12-16,18-19H2,1-2H3/t23-,24-/m1/s1. The second-order valence-corrected chi connectivity index (χ2v) is 15.0. The summed E-state index contributed by atoms with van der Waals surface area (Å²) in [6.07, 6.45) is -2.60. The number of fused-ring (bicyclic) bond motifs is 1. The van der Waals surface area contributed by atoms with Crippen LogP contribution in [-0.2, 0) is 11.0 Å². The molecule has 2 aromatic carbocycles. The zero-order valence-corrected chi connectivity index (χ0v) is 24.8. The number of methoxy groups -OCH3 is 1. The molecule has 2 saturated heterocycles. The van der Waals surface area contributed by atoms with Gasteiger partial charge in [-0.2, -0.15) is 13.2 Å². The highest BCUT2D eigenvalue weighted by Crippen LogP contribution is 2.51. The molecule has 0 bridgehead atoms. The van der Waals surface area contributed by atoms with Gasteiger partial charge in [-0.25, -0.2) is 4.39 Å². The monoisotopic (exact) mass is 607 g/mol. The first-order valence-electron chi connectivity index (χ1n) is 13.8. The fourth-order valence-electron chi connectivity index (χ4n) is 5.63. The summed E-state index contributed by atoms with van der Waals surface area (Å²) in [7, 11) is 1.05. The molecule has 2 aliphatic heterocycles. The van der Waals surface area contributed by atoms with E-state index in [1.54, 1.807) is 25.3 Å². The van der Waals surface area contributed by atoms with Crippen LogP contribution in [0.3, 0.4) is 0 Å². The highest BCUT2D eigenvalue weighted by molar-refractivity contribution is 7.71. The number of ether oxygens (including phenoxy) is 1. The quantitative estimate of drug-likeness (QED) is 0.178. The van der Waals surface area contributed by atoms with E-state index < -0.39 is 32.0 Å². The van der Waals surface area contributed by atoms with Gasteiger partial charge < -0.3 is 24.8 Å². The molecule has 2 aliphatic rings. The van der Waals surface area contributed by atoms with Gasteiger partial charge in [0.1, 0.15) is 19.1 Å². The normalized spacial score (nSPS) is 20.9. The number of likely N-dealkylation sites (tertiary alicyclic amines) is 1. The summed E-state index contributed by atoms with van der Waals surface area (Å²) >= 11 is 1.20. The third-order valence-corrected chi connectivity index (χ3v) is 12.3. The van der Waals surface area contributed by atoms with E-state index in [0.717, 1.165) is 24.7 Å². The van der Waals surface area contributed by atoms with Gasteiger partial charge in [0.05, 0.1) is 47.1 Å². The van der Waals surface area contributed by atoms with Crippen LogP contribution in [0.5, 0.6) is 5.75 Å². The van der Waals surface area contributed by atoms with Crippen molar-refractivity contribution in [3.05, 3.63) is 46.8 Å².